The SMILES string of the molecule is CC1(C)COc2cc(C(=O)O)cc3nc(-c4cc5ccccc5n4CC4CC4)n1c23. The number of nitrogens with zero attached hydrogens (tertiary/aromatic N) is 3. The standard InChI is InChI=1S/C24H23N3O3/c1-24(2)13-30-20-11-16(23(28)29)9-17-21(20)27(24)22(25-17)19-10-15-5-3-4-6-18(15)26(19)12-14-7-8-14/h3-6,9-11,14H,7-8,12-13H2,1-2H3,(H,28,29). The molecule has 1 aliphatic carbocycles. The summed E-state index contributed by atoms with van der Waals surface area (Å²) in [7, 11) is 0. The Kier molecular flexibility index (Phi) is 3.44. The minimum Gasteiger partial charge on any atom is -0.489 e. The van der Waals surface area contributed by atoms with Crippen LogP contribution in [-0.2, 0) is 12.1 Å². The number of fused-ring (bicyclic) bond motifs is 1. The zero-order chi connectivity index (χ0) is 20.6. The molecule has 1 fully saturated rings. The van der Waals surface area contributed by atoms with Crippen LogP contribution in [0.1, 0.15) is 37.0 Å². The summed E-state index contributed by atoms with van der Waals surface area (Å²) in [5, 5.41) is 10.7. The molecule has 2 aromatic heterocycles. The van der Waals surface area contributed by atoms with Gasteiger partial charge in [-0.1, -0.05) is 18.2 Å². The molecule has 6 rings (SSSR count). The predicted molar refractivity (Wildman–Crippen MR) is 115 cm³/mol. The molecule has 4 aromatic rings. The molecule has 1 aliphatic heterocycles. The number of hydrogen-bond acceptors (Lipinski definition) is 3. The lowest BCUT2D eigenvalue weighted by Crippen LogP contribution is -2.37. The van der Waals surface area contributed by atoms with Crippen molar-refractivity contribution in [1.82, 2.24) is 14.1 Å². The first kappa shape index (κ1) is 17.6. The summed E-state index contributed by atoms with van der Waals surface area (Å²) in [5.41, 5.74) is 3.73. The van der Waals surface area contributed by atoms with E-state index in [9.17, 15) is 9.90 Å². The second-order valence-corrected chi connectivity index (χ2v) is 9.16. The van der Waals surface area contributed by atoms with E-state index >= 15 is 0 Å². The Hall–Kier alpha value is -3.28. The van der Waals surface area contributed by atoms with E-state index < -0.39 is 5.97 Å². The molecule has 152 valence electrons. The van der Waals surface area contributed by atoms with Gasteiger partial charge in [0.2, 0.25) is 0 Å². The highest BCUT2D eigenvalue weighted by molar-refractivity contribution is 5.97. The van der Waals surface area contributed by atoms with Crippen molar-refractivity contribution >= 4 is 27.9 Å². The van der Waals surface area contributed by atoms with Crippen LogP contribution >= 0.6 is 0 Å². The smallest absolute Gasteiger partial charge is 0.335 e. The molecule has 0 spiro atoms. The van der Waals surface area contributed by atoms with Gasteiger partial charge in [0.05, 0.1) is 22.3 Å². The van der Waals surface area contributed by atoms with Crippen molar-refractivity contribution in [3.8, 4) is 17.3 Å². The van der Waals surface area contributed by atoms with E-state index in [-0.39, 0.29) is 11.1 Å². The molecule has 1 saturated carbocycles. The van der Waals surface area contributed by atoms with Crippen LogP contribution in [0.4, 0.5) is 0 Å². The molecule has 6 heteroatoms. The van der Waals surface area contributed by atoms with Gasteiger partial charge in [-0.3, -0.25) is 0 Å². The maximum absolute atomic E-state index is 11.6. The summed E-state index contributed by atoms with van der Waals surface area (Å²) in [4.78, 5) is 16.6. The lowest BCUT2D eigenvalue weighted by Gasteiger charge is -2.34. The Morgan fingerprint density at radius 3 is 2.80 bits per heavy atom. The van der Waals surface area contributed by atoms with Crippen LogP contribution in [0.5, 0.6) is 5.75 Å². The van der Waals surface area contributed by atoms with Crippen molar-refractivity contribution < 1.29 is 14.6 Å². The number of imidazole rings is 1. The largest absolute Gasteiger partial charge is 0.489 e. The van der Waals surface area contributed by atoms with Gasteiger partial charge < -0.3 is 19.0 Å². The van der Waals surface area contributed by atoms with Gasteiger partial charge in [0.25, 0.3) is 0 Å². The molecule has 0 atom stereocenters. The van der Waals surface area contributed by atoms with E-state index in [2.05, 4.69) is 53.3 Å². The molecule has 0 radical (unpaired) electrons. The first-order valence-corrected chi connectivity index (χ1v) is 10.4. The van der Waals surface area contributed by atoms with Crippen LogP contribution in [0.15, 0.2) is 42.5 Å². The Bertz CT molecular complexity index is 1340. The number of carboxylic acid groups (broad SMARTS) is 1. The van der Waals surface area contributed by atoms with Gasteiger partial charge in [0.1, 0.15) is 17.9 Å². The third-order valence-corrected chi connectivity index (χ3v) is 6.33. The van der Waals surface area contributed by atoms with Crippen LogP contribution in [0.3, 0.4) is 0 Å². The summed E-state index contributed by atoms with van der Waals surface area (Å²) >= 11 is 0. The van der Waals surface area contributed by atoms with Crippen molar-refractivity contribution in [2.75, 3.05) is 6.61 Å². The van der Waals surface area contributed by atoms with E-state index in [1.54, 1.807) is 12.1 Å². The maximum Gasteiger partial charge on any atom is 0.335 e. The molecular formula is C24H23N3O3. The van der Waals surface area contributed by atoms with E-state index in [1.807, 2.05) is 0 Å². The van der Waals surface area contributed by atoms with E-state index in [4.69, 9.17) is 9.72 Å². The van der Waals surface area contributed by atoms with Gasteiger partial charge in [-0.2, -0.15) is 0 Å². The summed E-state index contributed by atoms with van der Waals surface area (Å²) in [5.74, 6) is 1.21. The van der Waals surface area contributed by atoms with Gasteiger partial charge in [-0.05, 0) is 56.9 Å². The number of hydrogen-bond donors (Lipinski definition) is 1. The predicted octanol–water partition coefficient (Wildman–Crippen LogP) is 4.89. The highest BCUT2D eigenvalue weighted by Gasteiger charge is 2.35. The average molecular weight is 401 g/mol. The number of aromatic nitrogens is 3. The van der Waals surface area contributed by atoms with E-state index in [0.717, 1.165) is 29.5 Å². The van der Waals surface area contributed by atoms with Gasteiger partial charge in [0.15, 0.2) is 5.82 Å². The molecule has 30 heavy (non-hydrogen) atoms. The fourth-order valence-electron chi connectivity index (χ4n) is 4.64. The number of ether oxygens (including phenoxy) is 1. The number of carbonyl (C=O) groups is 1. The highest BCUT2D eigenvalue weighted by Crippen LogP contribution is 2.42. The lowest BCUT2D eigenvalue weighted by atomic mass is 10.0. The molecule has 0 amide bonds. The molecule has 3 heterocycles. The fourth-order valence-corrected chi connectivity index (χ4v) is 4.64. The van der Waals surface area contributed by atoms with E-state index in [1.165, 1.54) is 23.7 Å². The van der Waals surface area contributed by atoms with Crippen molar-refractivity contribution in [2.45, 2.75) is 38.8 Å². The van der Waals surface area contributed by atoms with Crippen molar-refractivity contribution in [3.63, 3.8) is 0 Å². The molecule has 0 unspecified atom stereocenters. The molecule has 6 nitrogen and oxygen atoms in total. The Labute approximate surface area is 173 Å². The summed E-state index contributed by atoms with van der Waals surface area (Å²) in [6, 6.07) is 13.9. The second-order valence-electron chi connectivity index (χ2n) is 9.16. The van der Waals surface area contributed by atoms with Gasteiger partial charge in [-0.25, -0.2) is 9.78 Å². The van der Waals surface area contributed by atoms with Crippen LogP contribution < -0.4 is 4.74 Å². The number of carboxylic acids is 1. The van der Waals surface area contributed by atoms with E-state index in [0.29, 0.717) is 17.9 Å². The topological polar surface area (TPSA) is 69.3 Å². The average Bonchev–Trinajstić information content (AvgIpc) is 3.33. The van der Waals surface area contributed by atoms with Crippen molar-refractivity contribution in [1.29, 1.82) is 0 Å². The van der Waals surface area contributed by atoms with Crippen LogP contribution in [0.25, 0.3) is 33.5 Å². The Balaban J connectivity index is 1.68. The zero-order valence-electron chi connectivity index (χ0n) is 17.1. The lowest BCUT2D eigenvalue weighted by molar-refractivity contribution is 0.0696. The van der Waals surface area contributed by atoms with Crippen LogP contribution in [0, 0.1) is 5.92 Å². The third kappa shape index (κ3) is 2.49. The van der Waals surface area contributed by atoms with Crippen molar-refractivity contribution in [3.05, 3.63) is 48.0 Å². The number of aromatic carboxylic acids is 1. The molecule has 0 saturated heterocycles. The first-order chi connectivity index (χ1) is 14.4. The maximum atomic E-state index is 11.6. The monoisotopic (exact) mass is 401 g/mol. The molecule has 2 aromatic carbocycles. The summed E-state index contributed by atoms with van der Waals surface area (Å²) in [6.07, 6.45) is 2.54. The molecular weight excluding hydrogens is 378 g/mol. The number of benzene rings is 2. The minimum atomic E-state index is -0.972. The van der Waals surface area contributed by atoms with Crippen LogP contribution in [0.2, 0.25) is 0 Å². The summed E-state index contributed by atoms with van der Waals surface area (Å²) in [6.45, 7) is 5.72. The second kappa shape index (κ2) is 5.88. The zero-order valence-corrected chi connectivity index (χ0v) is 17.1. The van der Waals surface area contributed by atoms with Crippen LogP contribution in [-0.4, -0.2) is 31.8 Å². The number of rotatable bonds is 4. The third-order valence-electron chi connectivity index (χ3n) is 6.33. The molecule has 0 bridgehead atoms. The van der Waals surface area contributed by atoms with Gasteiger partial charge >= 0.3 is 5.97 Å². The normalized spacial score (nSPS) is 17.4. The highest BCUT2D eigenvalue weighted by atomic mass is 16.5. The first-order valence-electron chi connectivity index (χ1n) is 10.4. The number of para-hydroxylation sites is 1. The quantitative estimate of drug-likeness (QED) is 0.528. The van der Waals surface area contributed by atoms with Crippen molar-refractivity contribution in [2.24, 2.45) is 5.92 Å². The Morgan fingerprint density at radius 1 is 1.23 bits per heavy atom. The fraction of sp³-hybridized carbons (Fsp3) is 0.333. The molecule has 2 aliphatic rings. The Morgan fingerprint density at radius 2 is 2.03 bits per heavy atom. The molecule has 1 N–H and O–H groups in total. The minimum absolute atomic E-state index is 0.201. The summed E-state index contributed by atoms with van der Waals surface area (Å²) < 4.78 is 10.6. The van der Waals surface area contributed by atoms with Gasteiger partial charge in [0, 0.05) is 17.4 Å². The van der Waals surface area contributed by atoms with Gasteiger partial charge in [-0.15, -0.1) is 0 Å².